The highest BCUT2D eigenvalue weighted by atomic mass is 19.1. The van der Waals surface area contributed by atoms with Crippen LogP contribution in [0.4, 0.5) is 8.78 Å². The number of rotatable bonds is 3. The lowest BCUT2D eigenvalue weighted by atomic mass is 10.0. The van der Waals surface area contributed by atoms with E-state index in [2.05, 4.69) is 10.2 Å². The highest BCUT2D eigenvalue weighted by Crippen LogP contribution is 2.31. The van der Waals surface area contributed by atoms with Gasteiger partial charge in [-0.05, 0) is 18.2 Å². The van der Waals surface area contributed by atoms with Crippen molar-refractivity contribution in [2.75, 3.05) is 26.2 Å². The lowest BCUT2D eigenvalue weighted by Crippen LogP contribution is -2.45. The van der Waals surface area contributed by atoms with Crippen LogP contribution in [0.1, 0.15) is 17.4 Å². The van der Waals surface area contributed by atoms with Crippen molar-refractivity contribution >= 4 is 0 Å². The van der Waals surface area contributed by atoms with Gasteiger partial charge in [-0.15, -0.1) is 0 Å². The fourth-order valence-corrected chi connectivity index (χ4v) is 2.64. The van der Waals surface area contributed by atoms with E-state index in [0.29, 0.717) is 11.3 Å². The Kier molecular flexibility index (Phi) is 3.80. The Morgan fingerprint density at radius 1 is 1.15 bits per heavy atom. The zero-order valence-corrected chi connectivity index (χ0v) is 11.0. The lowest BCUT2D eigenvalue weighted by molar-refractivity contribution is 0.177. The molecule has 3 rings (SSSR count). The molecule has 1 aliphatic rings. The summed E-state index contributed by atoms with van der Waals surface area (Å²) in [5.74, 6) is -0.424. The molecule has 106 valence electrons. The van der Waals surface area contributed by atoms with Gasteiger partial charge in [0.2, 0.25) is 0 Å². The van der Waals surface area contributed by atoms with Gasteiger partial charge in [0.1, 0.15) is 17.4 Å². The van der Waals surface area contributed by atoms with Crippen LogP contribution in [0, 0.1) is 11.6 Å². The molecule has 20 heavy (non-hydrogen) atoms. The molecule has 0 saturated carbocycles. The van der Waals surface area contributed by atoms with Crippen LogP contribution in [-0.2, 0) is 0 Å². The van der Waals surface area contributed by atoms with Gasteiger partial charge >= 0.3 is 0 Å². The van der Waals surface area contributed by atoms with Gasteiger partial charge in [-0.1, -0.05) is 6.07 Å². The normalized spacial score (nSPS) is 18.1. The molecule has 0 radical (unpaired) electrons. The molecule has 1 fully saturated rings. The molecule has 2 aromatic rings. The minimum absolute atomic E-state index is 0.312. The number of hydrogen-bond donors (Lipinski definition) is 1. The second-order valence-corrected chi connectivity index (χ2v) is 4.87. The third-order valence-electron chi connectivity index (χ3n) is 3.59. The first-order chi connectivity index (χ1) is 9.75. The first-order valence-corrected chi connectivity index (χ1v) is 6.69. The number of benzene rings is 1. The van der Waals surface area contributed by atoms with E-state index in [4.69, 9.17) is 4.42 Å². The van der Waals surface area contributed by atoms with Gasteiger partial charge in [-0.3, -0.25) is 4.90 Å². The standard InChI is InChI=1S/C15H16F2N2O/c16-11-3-4-12(13(17)10-11)15(14-2-1-9-20-14)19-7-5-18-6-8-19/h1-4,9-10,15,18H,5-8H2/t15-/m1/s1. The summed E-state index contributed by atoms with van der Waals surface area (Å²) in [6, 6.07) is 7.01. The molecule has 5 heteroatoms. The second kappa shape index (κ2) is 5.73. The molecule has 2 heterocycles. The molecule has 1 N–H and O–H groups in total. The lowest BCUT2D eigenvalue weighted by Gasteiger charge is -2.34. The van der Waals surface area contributed by atoms with Crippen molar-refractivity contribution in [3.63, 3.8) is 0 Å². The Labute approximate surface area is 116 Å². The summed E-state index contributed by atoms with van der Waals surface area (Å²) in [5.41, 5.74) is 0.447. The van der Waals surface area contributed by atoms with Crippen LogP contribution in [0.2, 0.25) is 0 Å². The van der Waals surface area contributed by atoms with Gasteiger partial charge in [0.15, 0.2) is 0 Å². The van der Waals surface area contributed by atoms with Gasteiger partial charge in [0.25, 0.3) is 0 Å². The molecule has 0 amide bonds. The number of hydrogen-bond acceptors (Lipinski definition) is 3. The van der Waals surface area contributed by atoms with Crippen molar-refractivity contribution in [3.05, 3.63) is 59.6 Å². The number of nitrogens with one attached hydrogen (secondary N) is 1. The van der Waals surface area contributed by atoms with Crippen molar-refractivity contribution in [2.24, 2.45) is 0 Å². The minimum atomic E-state index is -0.565. The summed E-state index contributed by atoms with van der Waals surface area (Å²) >= 11 is 0. The Morgan fingerprint density at radius 3 is 2.60 bits per heavy atom. The highest BCUT2D eigenvalue weighted by molar-refractivity contribution is 5.29. The Morgan fingerprint density at radius 2 is 1.95 bits per heavy atom. The molecule has 3 nitrogen and oxygen atoms in total. The number of piperazine rings is 1. The number of halogens is 2. The third kappa shape index (κ3) is 2.59. The molecule has 0 aliphatic carbocycles. The average Bonchev–Trinajstić information content (AvgIpc) is 2.97. The first kappa shape index (κ1) is 13.3. The zero-order valence-electron chi connectivity index (χ0n) is 11.0. The van der Waals surface area contributed by atoms with Crippen molar-refractivity contribution in [1.29, 1.82) is 0 Å². The van der Waals surface area contributed by atoms with Crippen LogP contribution >= 0.6 is 0 Å². The Hall–Kier alpha value is -1.72. The summed E-state index contributed by atoms with van der Waals surface area (Å²) in [6.45, 7) is 3.28. The average molecular weight is 278 g/mol. The van der Waals surface area contributed by atoms with Crippen LogP contribution < -0.4 is 5.32 Å². The Balaban J connectivity index is 2.00. The molecule has 0 spiro atoms. The number of furan rings is 1. The van der Waals surface area contributed by atoms with E-state index < -0.39 is 11.6 Å². The van der Waals surface area contributed by atoms with Gasteiger partial charge in [-0.2, -0.15) is 0 Å². The molecule has 0 unspecified atom stereocenters. The van der Waals surface area contributed by atoms with E-state index in [0.717, 1.165) is 32.2 Å². The van der Waals surface area contributed by atoms with E-state index in [-0.39, 0.29) is 6.04 Å². The highest BCUT2D eigenvalue weighted by Gasteiger charge is 2.28. The zero-order chi connectivity index (χ0) is 13.9. The number of nitrogens with zero attached hydrogens (tertiary/aromatic N) is 1. The maximum atomic E-state index is 14.1. The van der Waals surface area contributed by atoms with Gasteiger partial charge < -0.3 is 9.73 Å². The summed E-state index contributed by atoms with van der Waals surface area (Å²) < 4.78 is 32.7. The van der Waals surface area contributed by atoms with Crippen LogP contribution in [0.3, 0.4) is 0 Å². The molecule has 1 aliphatic heterocycles. The van der Waals surface area contributed by atoms with Gasteiger partial charge in [-0.25, -0.2) is 8.78 Å². The monoisotopic (exact) mass is 278 g/mol. The summed E-state index contributed by atoms with van der Waals surface area (Å²) in [6.07, 6.45) is 1.58. The summed E-state index contributed by atoms with van der Waals surface area (Å²) in [7, 11) is 0. The Bertz CT molecular complexity index is 565. The minimum Gasteiger partial charge on any atom is -0.467 e. The molecule has 0 bridgehead atoms. The van der Waals surface area contributed by atoms with Gasteiger partial charge in [0, 0.05) is 37.8 Å². The molecule has 1 aromatic carbocycles. The molecular weight excluding hydrogens is 262 g/mol. The van der Waals surface area contributed by atoms with Crippen LogP contribution in [-0.4, -0.2) is 31.1 Å². The molecule has 1 atom stereocenters. The van der Waals surface area contributed by atoms with Crippen molar-refractivity contribution in [3.8, 4) is 0 Å². The van der Waals surface area contributed by atoms with Gasteiger partial charge in [0.05, 0.1) is 12.3 Å². The van der Waals surface area contributed by atoms with E-state index in [1.54, 1.807) is 12.3 Å². The summed E-state index contributed by atoms with van der Waals surface area (Å²) in [4.78, 5) is 2.14. The molecule has 1 saturated heterocycles. The maximum absolute atomic E-state index is 14.1. The quantitative estimate of drug-likeness (QED) is 0.935. The largest absolute Gasteiger partial charge is 0.467 e. The fraction of sp³-hybridized carbons (Fsp3) is 0.333. The van der Waals surface area contributed by atoms with Crippen molar-refractivity contribution in [2.45, 2.75) is 6.04 Å². The van der Waals surface area contributed by atoms with E-state index >= 15 is 0 Å². The molecule has 1 aromatic heterocycles. The van der Waals surface area contributed by atoms with Crippen molar-refractivity contribution < 1.29 is 13.2 Å². The van der Waals surface area contributed by atoms with E-state index in [1.807, 2.05) is 6.07 Å². The fourth-order valence-electron chi connectivity index (χ4n) is 2.64. The van der Waals surface area contributed by atoms with Crippen LogP contribution in [0.5, 0.6) is 0 Å². The predicted octanol–water partition coefficient (Wildman–Crippen LogP) is 2.55. The van der Waals surface area contributed by atoms with Crippen molar-refractivity contribution in [1.82, 2.24) is 10.2 Å². The topological polar surface area (TPSA) is 28.4 Å². The summed E-state index contributed by atoms with van der Waals surface area (Å²) in [5, 5.41) is 3.26. The SMILES string of the molecule is Fc1ccc([C@H](c2ccco2)N2CCNCC2)c(F)c1. The smallest absolute Gasteiger partial charge is 0.131 e. The third-order valence-corrected chi connectivity index (χ3v) is 3.59. The second-order valence-electron chi connectivity index (χ2n) is 4.87. The maximum Gasteiger partial charge on any atom is 0.131 e. The first-order valence-electron chi connectivity index (χ1n) is 6.69. The molecular formula is C15H16F2N2O. The van der Waals surface area contributed by atoms with E-state index in [9.17, 15) is 8.78 Å². The predicted molar refractivity (Wildman–Crippen MR) is 71.4 cm³/mol. The van der Waals surface area contributed by atoms with Crippen LogP contribution in [0.15, 0.2) is 41.0 Å². The van der Waals surface area contributed by atoms with Crippen LogP contribution in [0.25, 0.3) is 0 Å². The van der Waals surface area contributed by atoms with E-state index in [1.165, 1.54) is 12.1 Å².